The summed E-state index contributed by atoms with van der Waals surface area (Å²) in [4.78, 5) is 18.8. The molecule has 4 rings (SSSR count). The van der Waals surface area contributed by atoms with Gasteiger partial charge >= 0.3 is 6.09 Å². The molecule has 1 unspecified atom stereocenters. The summed E-state index contributed by atoms with van der Waals surface area (Å²) in [7, 11) is -3.65. The molecule has 3 aliphatic heterocycles. The number of hydrogen-bond donors (Lipinski definition) is 0. The number of likely N-dealkylation sites (tertiary alicyclic amines) is 1. The first kappa shape index (κ1) is 22.7. The van der Waals surface area contributed by atoms with Gasteiger partial charge in [0.2, 0.25) is 0 Å². The van der Waals surface area contributed by atoms with E-state index in [0.717, 1.165) is 25.3 Å². The molecule has 0 aromatic heterocycles. The Hall–Kier alpha value is -1.51. The highest BCUT2D eigenvalue weighted by Crippen LogP contribution is 2.34. The molecule has 3 aliphatic rings. The van der Waals surface area contributed by atoms with Crippen molar-refractivity contribution in [2.75, 3.05) is 44.2 Å². The molecule has 1 amide bonds. The SMILES string of the molecule is CC(C)(C)OC(=O)N1CC[C@H](S(=O)(=O)c2ccc(N3CCN4CCCC4C3)cc2Cl)C1. The molecule has 0 saturated carbocycles. The van der Waals surface area contributed by atoms with Gasteiger partial charge < -0.3 is 14.5 Å². The molecule has 9 heteroatoms. The van der Waals surface area contributed by atoms with E-state index in [1.54, 1.807) is 32.9 Å². The first-order valence-corrected chi connectivity index (χ1v) is 13.0. The summed E-state index contributed by atoms with van der Waals surface area (Å²) >= 11 is 6.49. The van der Waals surface area contributed by atoms with Crippen LogP contribution < -0.4 is 4.90 Å². The summed E-state index contributed by atoms with van der Waals surface area (Å²) in [5.41, 5.74) is 0.356. The van der Waals surface area contributed by atoms with E-state index in [4.69, 9.17) is 16.3 Å². The highest BCUT2D eigenvalue weighted by Gasteiger charge is 2.39. The van der Waals surface area contributed by atoms with Gasteiger partial charge in [0, 0.05) is 44.5 Å². The molecule has 0 aliphatic carbocycles. The molecular formula is C22H32ClN3O4S. The maximum atomic E-state index is 13.3. The van der Waals surface area contributed by atoms with E-state index in [1.807, 2.05) is 6.07 Å². The van der Waals surface area contributed by atoms with Crippen molar-refractivity contribution in [1.29, 1.82) is 0 Å². The van der Waals surface area contributed by atoms with Gasteiger partial charge in [0.25, 0.3) is 0 Å². The summed E-state index contributed by atoms with van der Waals surface area (Å²) in [5.74, 6) is 0. The topological polar surface area (TPSA) is 70.2 Å². The lowest BCUT2D eigenvalue weighted by Gasteiger charge is -2.39. The normalized spacial score (nSPS) is 25.0. The fourth-order valence-corrected chi connectivity index (χ4v) is 7.03. The third-order valence-corrected chi connectivity index (χ3v) is 9.07. The Morgan fingerprint density at radius 2 is 1.87 bits per heavy atom. The number of nitrogens with zero attached hydrogens (tertiary/aromatic N) is 3. The van der Waals surface area contributed by atoms with Crippen LogP contribution >= 0.6 is 11.6 Å². The summed E-state index contributed by atoms with van der Waals surface area (Å²) in [6.45, 7) is 9.96. The van der Waals surface area contributed by atoms with Crippen molar-refractivity contribution in [1.82, 2.24) is 9.80 Å². The van der Waals surface area contributed by atoms with E-state index in [2.05, 4.69) is 9.80 Å². The van der Waals surface area contributed by atoms with Gasteiger partial charge in [0.05, 0.1) is 15.2 Å². The summed E-state index contributed by atoms with van der Waals surface area (Å²) in [6, 6.07) is 5.85. The molecule has 31 heavy (non-hydrogen) atoms. The fraction of sp³-hybridized carbons (Fsp3) is 0.682. The number of carbonyl (C=O) groups is 1. The molecule has 1 aromatic rings. The van der Waals surface area contributed by atoms with Crippen LogP contribution in [0.25, 0.3) is 0 Å². The zero-order valence-corrected chi connectivity index (χ0v) is 20.1. The molecule has 7 nitrogen and oxygen atoms in total. The first-order valence-electron chi connectivity index (χ1n) is 11.0. The molecular weight excluding hydrogens is 438 g/mol. The number of carbonyl (C=O) groups excluding carboxylic acids is 1. The molecule has 1 aromatic carbocycles. The second kappa shape index (κ2) is 8.45. The largest absolute Gasteiger partial charge is 0.444 e. The summed E-state index contributed by atoms with van der Waals surface area (Å²) < 4.78 is 31.9. The Morgan fingerprint density at radius 3 is 2.58 bits per heavy atom. The van der Waals surface area contributed by atoms with E-state index in [-0.39, 0.29) is 16.5 Å². The Bertz CT molecular complexity index is 947. The van der Waals surface area contributed by atoms with Crippen molar-refractivity contribution in [3.05, 3.63) is 23.2 Å². The van der Waals surface area contributed by atoms with Crippen LogP contribution in [0.2, 0.25) is 5.02 Å². The number of ether oxygens (including phenoxy) is 1. The second-order valence-electron chi connectivity index (χ2n) is 9.77. The number of rotatable bonds is 3. The smallest absolute Gasteiger partial charge is 0.410 e. The molecule has 3 fully saturated rings. The molecule has 0 bridgehead atoms. The minimum absolute atomic E-state index is 0.124. The van der Waals surface area contributed by atoms with Crippen LogP contribution in [0.5, 0.6) is 0 Å². The molecule has 0 N–H and O–H groups in total. The van der Waals surface area contributed by atoms with Crippen LogP contribution in [0, 0.1) is 0 Å². The zero-order valence-electron chi connectivity index (χ0n) is 18.5. The number of halogens is 1. The average Bonchev–Trinajstić information content (AvgIpc) is 3.35. The van der Waals surface area contributed by atoms with E-state index in [9.17, 15) is 13.2 Å². The lowest BCUT2D eigenvalue weighted by atomic mass is 10.1. The number of anilines is 1. The van der Waals surface area contributed by atoms with Crippen molar-refractivity contribution in [2.24, 2.45) is 0 Å². The highest BCUT2D eigenvalue weighted by atomic mass is 35.5. The Morgan fingerprint density at radius 1 is 1.10 bits per heavy atom. The quantitative estimate of drug-likeness (QED) is 0.675. The van der Waals surface area contributed by atoms with E-state index < -0.39 is 26.8 Å². The maximum absolute atomic E-state index is 13.3. The van der Waals surface area contributed by atoms with Crippen LogP contribution in [0.1, 0.15) is 40.0 Å². The van der Waals surface area contributed by atoms with Gasteiger partial charge in [-0.1, -0.05) is 11.6 Å². The fourth-order valence-electron chi connectivity index (χ4n) is 4.80. The zero-order chi connectivity index (χ0) is 22.4. The van der Waals surface area contributed by atoms with E-state index in [1.165, 1.54) is 24.3 Å². The molecule has 0 radical (unpaired) electrons. The predicted molar refractivity (Wildman–Crippen MR) is 122 cm³/mol. The van der Waals surface area contributed by atoms with Crippen LogP contribution in [0.3, 0.4) is 0 Å². The van der Waals surface area contributed by atoms with Gasteiger partial charge in [-0.2, -0.15) is 0 Å². The van der Waals surface area contributed by atoms with Crippen LogP contribution in [-0.4, -0.2) is 80.5 Å². The minimum Gasteiger partial charge on any atom is -0.444 e. The second-order valence-corrected chi connectivity index (χ2v) is 12.4. The molecule has 0 spiro atoms. The monoisotopic (exact) mass is 469 g/mol. The van der Waals surface area contributed by atoms with E-state index >= 15 is 0 Å². The molecule has 2 atom stereocenters. The van der Waals surface area contributed by atoms with Crippen LogP contribution in [-0.2, 0) is 14.6 Å². The Labute approximate surface area is 190 Å². The van der Waals surface area contributed by atoms with Crippen molar-refractivity contribution in [3.63, 3.8) is 0 Å². The maximum Gasteiger partial charge on any atom is 0.410 e. The first-order chi connectivity index (χ1) is 14.5. The number of benzene rings is 1. The number of sulfone groups is 1. The van der Waals surface area contributed by atoms with Crippen LogP contribution in [0.15, 0.2) is 23.1 Å². The van der Waals surface area contributed by atoms with Gasteiger partial charge in [0.15, 0.2) is 9.84 Å². The standard InChI is InChI=1S/C22H32ClN3O4S/c1-22(2,3)30-21(27)26-10-8-18(15-26)31(28,29)20-7-6-16(13-19(20)23)25-12-11-24-9-4-5-17(24)14-25/h6-7,13,17-18H,4-5,8-12,14-15H2,1-3H3/t17?,18-/m0/s1. The van der Waals surface area contributed by atoms with Gasteiger partial charge in [-0.15, -0.1) is 0 Å². The summed E-state index contributed by atoms with van der Waals surface area (Å²) in [6.07, 6.45) is 2.37. The number of hydrogen-bond acceptors (Lipinski definition) is 6. The van der Waals surface area contributed by atoms with Crippen molar-refractivity contribution < 1.29 is 17.9 Å². The molecule has 3 saturated heterocycles. The minimum atomic E-state index is -3.65. The lowest BCUT2D eigenvalue weighted by Crippen LogP contribution is -2.50. The molecule has 172 valence electrons. The van der Waals surface area contributed by atoms with Crippen LogP contribution in [0.4, 0.5) is 10.5 Å². The van der Waals surface area contributed by atoms with Gasteiger partial charge in [-0.05, 0) is 64.8 Å². The van der Waals surface area contributed by atoms with Crippen molar-refractivity contribution in [3.8, 4) is 0 Å². The summed E-state index contributed by atoms with van der Waals surface area (Å²) in [5, 5.41) is -0.424. The van der Waals surface area contributed by atoms with E-state index in [0.29, 0.717) is 19.0 Å². The number of amides is 1. The third-order valence-electron chi connectivity index (χ3n) is 6.41. The predicted octanol–water partition coefficient (Wildman–Crippen LogP) is 3.41. The number of fused-ring (bicyclic) bond motifs is 1. The Kier molecular flexibility index (Phi) is 6.18. The van der Waals surface area contributed by atoms with Gasteiger partial charge in [-0.25, -0.2) is 13.2 Å². The average molecular weight is 470 g/mol. The lowest BCUT2D eigenvalue weighted by molar-refractivity contribution is 0.0295. The Balaban J connectivity index is 1.46. The van der Waals surface area contributed by atoms with Gasteiger partial charge in [-0.3, -0.25) is 4.90 Å². The van der Waals surface area contributed by atoms with Gasteiger partial charge in [0.1, 0.15) is 5.60 Å². The highest BCUT2D eigenvalue weighted by molar-refractivity contribution is 7.92. The van der Waals surface area contributed by atoms with Crippen molar-refractivity contribution in [2.45, 2.75) is 61.8 Å². The van der Waals surface area contributed by atoms with Crippen molar-refractivity contribution >= 4 is 33.2 Å². The molecule has 3 heterocycles. The third kappa shape index (κ3) is 4.81. The number of piperazine rings is 1.